The van der Waals surface area contributed by atoms with Gasteiger partial charge < -0.3 is 10.0 Å². The number of nitro groups is 1. The lowest BCUT2D eigenvalue weighted by Gasteiger charge is -2.27. The van der Waals surface area contributed by atoms with Crippen LogP contribution in [0.1, 0.15) is 31.1 Å². The molecule has 0 radical (unpaired) electrons. The van der Waals surface area contributed by atoms with E-state index >= 15 is 0 Å². The van der Waals surface area contributed by atoms with Crippen LogP contribution in [0.15, 0.2) is 18.2 Å². The van der Waals surface area contributed by atoms with Crippen molar-refractivity contribution in [3.8, 4) is 0 Å². The molecule has 6 heteroatoms. The monoisotopic (exact) mass is 266 g/mol. The Bertz CT molecular complexity index is 486. The smallest absolute Gasteiger partial charge is 0.293 e. The zero-order valence-corrected chi connectivity index (χ0v) is 11.3. The summed E-state index contributed by atoms with van der Waals surface area (Å²) < 4.78 is 0. The number of anilines is 1. The Morgan fingerprint density at radius 3 is 2.53 bits per heavy atom. The van der Waals surface area contributed by atoms with Gasteiger partial charge in [-0.2, -0.15) is 0 Å². The number of nitro benzene ring substituents is 1. The number of benzene rings is 1. The van der Waals surface area contributed by atoms with Gasteiger partial charge in [-0.15, -0.1) is 0 Å². The van der Waals surface area contributed by atoms with E-state index in [9.17, 15) is 14.9 Å². The molecule has 0 aromatic heterocycles. The van der Waals surface area contributed by atoms with Crippen molar-refractivity contribution in [1.29, 1.82) is 0 Å². The van der Waals surface area contributed by atoms with Gasteiger partial charge in [0.05, 0.1) is 11.5 Å². The largest absolute Gasteiger partial charge is 0.395 e. The van der Waals surface area contributed by atoms with Crippen LogP contribution in [0.4, 0.5) is 11.4 Å². The zero-order valence-electron chi connectivity index (χ0n) is 11.3. The van der Waals surface area contributed by atoms with Crippen LogP contribution >= 0.6 is 0 Å². The highest BCUT2D eigenvalue weighted by molar-refractivity contribution is 5.95. The molecule has 1 N–H and O–H groups in total. The molecule has 104 valence electrons. The van der Waals surface area contributed by atoms with Gasteiger partial charge in [-0.25, -0.2) is 0 Å². The van der Waals surface area contributed by atoms with Crippen molar-refractivity contribution >= 4 is 17.2 Å². The molecule has 19 heavy (non-hydrogen) atoms. The van der Waals surface area contributed by atoms with Crippen molar-refractivity contribution in [2.45, 2.75) is 26.8 Å². The highest BCUT2D eigenvalue weighted by atomic mass is 16.6. The van der Waals surface area contributed by atoms with Crippen LogP contribution in [0.3, 0.4) is 0 Å². The maximum atomic E-state index is 11.3. The molecule has 0 aliphatic heterocycles. The zero-order chi connectivity index (χ0) is 14.6. The minimum absolute atomic E-state index is 0.00836. The predicted octanol–water partition coefficient (Wildman–Crippen LogP) is 2.00. The first-order valence-electron chi connectivity index (χ1n) is 6.05. The number of Topliss-reactive ketones (excluding diaryl/α,β-unsaturated/α-hetero) is 1. The molecule has 0 bridgehead atoms. The Morgan fingerprint density at radius 1 is 1.47 bits per heavy atom. The fourth-order valence-corrected chi connectivity index (χ4v) is 1.90. The number of aliphatic hydroxyl groups is 1. The highest BCUT2D eigenvalue weighted by Crippen LogP contribution is 2.30. The summed E-state index contributed by atoms with van der Waals surface area (Å²) in [5, 5.41) is 20.2. The maximum Gasteiger partial charge on any atom is 0.293 e. The Kier molecular flexibility index (Phi) is 5.00. The van der Waals surface area contributed by atoms with E-state index in [2.05, 4.69) is 0 Å². The number of hydrogen-bond donors (Lipinski definition) is 1. The number of ketones is 1. The summed E-state index contributed by atoms with van der Waals surface area (Å²) in [6.45, 7) is 5.35. The van der Waals surface area contributed by atoms with Crippen LogP contribution in [0, 0.1) is 10.1 Å². The normalized spacial score (nSPS) is 10.6. The van der Waals surface area contributed by atoms with Crippen LogP contribution < -0.4 is 4.90 Å². The first kappa shape index (κ1) is 15.1. The molecule has 0 saturated heterocycles. The second kappa shape index (κ2) is 6.29. The van der Waals surface area contributed by atoms with E-state index in [1.165, 1.54) is 13.0 Å². The molecule has 0 heterocycles. The summed E-state index contributed by atoms with van der Waals surface area (Å²) in [7, 11) is 0. The molecule has 0 aliphatic carbocycles. The van der Waals surface area contributed by atoms with Gasteiger partial charge in [0, 0.05) is 24.2 Å². The van der Waals surface area contributed by atoms with Crippen LogP contribution in [0.2, 0.25) is 0 Å². The molecule has 1 aromatic rings. The number of hydrogen-bond acceptors (Lipinski definition) is 5. The lowest BCUT2D eigenvalue weighted by Crippen LogP contribution is -2.33. The average molecular weight is 266 g/mol. The van der Waals surface area contributed by atoms with E-state index in [1.54, 1.807) is 17.0 Å². The Balaban J connectivity index is 3.32. The van der Waals surface area contributed by atoms with Crippen molar-refractivity contribution in [1.82, 2.24) is 0 Å². The third kappa shape index (κ3) is 3.51. The minimum Gasteiger partial charge on any atom is -0.395 e. The number of rotatable bonds is 6. The Labute approximate surface area is 111 Å². The molecule has 0 atom stereocenters. The molecule has 0 saturated carbocycles. The molecule has 1 aromatic carbocycles. The first-order chi connectivity index (χ1) is 8.88. The van der Waals surface area contributed by atoms with Crippen molar-refractivity contribution in [2.75, 3.05) is 18.1 Å². The van der Waals surface area contributed by atoms with Gasteiger partial charge in [0.25, 0.3) is 5.69 Å². The van der Waals surface area contributed by atoms with E-state index in [0.717, 1.165) is 0 Å². The van der Waals surface area contributed by atoms with E-state index in [4.69, 9.17) is 5.11 Å². The lowest BCUT2D eigenvalue weighted by molar-refractivity contribution is -0.384. The standard InChI is InChI=1S/C13H18N2O4/c1-9(2)14(6-7-16)12-5-4-11(10(3)17)8-13(12)15(18)19/h4-5,8-9,16H,6-7H2,1-3H3. The van der Waals surface area contributed by atoms with Crippen LogP contribution in [0.25, 0.3) is 0 Å². The van der Waals surface area contributed by atoms with Crippen molar-refractivity contribution in [2.24, 2.45) is 0 Å². The molecule has 0 aliphatic rings. The van der Waals surface area contributed by atoms with Crippen LogP contribution in [-0.4, -0.2) is 35.0 Å². The summed E-state index contributed by atoms with van der Waals surface area (Å²) in [4.78, 5) is 23.7. The van der Waals surface area contributed by atoms with Gasteiger partial charge in [0.15, 0.2) is 5.78 Å². The van der Waals surface area contributed by atoms with Crippen molar-refractivity contribution in [3.63, 3.8) is 0 Å². The fraction of sp³-hybridized carbons (Fsp3) is 0.462. The predicted molar refractivity (Wildman–Crippen MR) is 72.7 cm³/mol. The number of aliphatic hydroxyl groups excluding tert-OH is 1. The second-order valence-corrected chi connectivity index (χ2v) is 4.53. The third-order valence-electron chi connectivity index (χ3n) is 2.85. The van der Waals surface area contributed by atoms with Gasteiger partial charge in [0.1, 0.15) is 5.69 Å². The van der Waals surface area contributed by atoms with Crippen molar-refractivity contribution in [3.05, 3.63) is 33.9 Å². The van der Waals surface area contributed by atoms with Crippen LogP contribution in [0.5, 0.6) is 0 Å². The molecule has 6 nitrogen and oxygen atoms in total. The van der Waals surface area contributed by atoms with Gasteiger partial charge in [-0.3, -0.25) is 14.9 Å². The SMILES string of the molecule is CC(=O)c1ccc(N(CCO)C(C)C)c([N+](=O)[O-])c1. The van der Waals surface area contributed by atoms with Crippen LogP contribution in [-0.2, 0) is 0 Å². The fourth-order valence-electron chi connectivity index (χ4n) is 1.90. The molecule has 0 amide bonds. The van der Waals surface area contributed by atoms with Gasteiger partial charge in [0.2, 0.25) is 0 Å². The highest BCUT2D eigenvalue weighted by Gasteiger charge is 2.22. The van der Waals surface area contributed by atoms with E-state index in [0.29, 0.717) is 17.8 Å². The minimum atomic E-state index is -0.505. The number of carbonyl (C=O) groups is 1. The summed E-state index contributed by atoms with van der Waals surface area (Å²) in [6, 6.07) is 4.42. The van der Waals surface area contributed by atoms with E-state index in [1.807, 2.05) is 13.8 Å². The average Bonchev–Trinajstić information content (AvgIpc) is 2.34. The molecule has 1 rings (SSSR count). The Hall–Kier alpha value is -1.95. The topological polar surface area (TPSA) is 83.7 Å². The van der Waals surface area contributed by atoms with Gasteiger partial charge in [-0.05, 0) is 32.9 Å². The van der Waals surface area contributed by atoms with E-state index in [-0.39, 0.29) is 24.1 Å². The van der Waals surface area contributed by atoms with Crippen molar-refractivity contribution < 1.29 is 14.8 Å². The molecular formula is C13H18N2O4. The summed E-state index contributed by atoms with van der Waals surface area (Å²) >= 11 is 0. The third-order valence-corrected chi connectivity index (χ3v) is 2.85. The quantitative estimate of drug-likeness (QED) is 0.483. The lowest BCUT2D eigenvalue weighted by atomic mass is 10.1. The maximum absolute atomic E-state index is 11.3. The molecular weight excluding hydrogens is 248 g/mol. The summed E-state index contributed by atoms with van der Waals surface area (Å²) in [5.74, 6) is -0.215. The molecule has 0 spiro atoms. The number of carbonyl (C=O) groups excluding carboxylic acids is 1. The Morgan fingerprint density at radius 2 is 2.11 bits per heavy atom. The molecule has 0 fully saturated rings. The first-order valence-corrected chi connectivity index (χ1v) is 6.05. The van der Waals surface area contributed by atoms with E-state index < -0.39 is 4.92 Å². The summed E-state index contributed by atoms with van der Waals surface area (Å²) in [5.41, 5.74) is 0.608. The summed E-state index contributed by atoms with van der Waals surface area (Å²) in [6.07, 6.45) is 0. The number of nitrogens with zero attached hydrogens (tertiary/aromatic N) is 2. The molecule has 0 unspecified atom stereocenters. The van der Waals surface area contributed by atoms with Gasteiger partial charge in [-0.1, -0.05) is 0 Å². The van der Waals surface area contributed by atoms with Gasteiger partial charge >= 0.3 is 0 Å². The second-order valence-electron chi connectivity index (χ2n) is 4.53.